The molecule has 8 nitrogen and oxygen atoms in total. The van der Waals surface area contributed by atoms with E-state index < -0.39 is 5.91 Å². The van der Waals surface area contributed by atoms with Crippen molar-refractivity contribution in [3.63, 3.8) is 0 Å². The van der Waals surface area contributed by atoms with Crippen LogP contribution >= 0.6 is 0 Å². The molecule has 0 aliphatic carbocycles. The van der Waals surface area contributed by atoms with Gasteiger partial charge in [-0.15, -0.1) is 0 Å². The largest absolute Gasteiger partial charge is 0.493 e. The Morgan fingerprint density at radius 3 is 2.59 bits per heavy atom. The van der Waals surface area contributed by atoms with Crippen molar-refractivity contribution in [1.29, 1.82) is 0 Å². The first-order valence-electron chi connectivity index (χ1n) is 10.5. The third-order valence-corrected chi connectivity index (χ3v) is 4.99. The molecule has 0 saturated heterocycles. The molecule has 4 rings (SSSR count). The van der Waals surface area contributed by atoms with Crippen molar-refractivity contribution in [1.82, 2.24) is 15.6 Å². The molecule has 8 heteroatoms. The highest BCUT2D eigenvalue weighted by Gasteiger charge is 2.12. The van der Waals surface area contributed by atoms with Crippen molar-refractivity contribution in [2.45, 2.75) is 6.61 Å². The van der Waals surface area contributed by atoms with Crippen LogP contribution in [0.15, 0.2) is 84.0 Å². The Balaban J connectivity index is 1.36. The number of aromatic amines is 1. The number of hydrazone groups is 1. The van der Waals surface area contributed by atoms with E-state index in [4.69, 9.17) is 14.2 Å². The highest BCUT2D eigenvalue weighted by molar-refractivity contribution is 5.94. The Bertz CT molecular complexity index is 1280. The molecule has 34 heavy (non-hydrogen) atoms. The monoisotopic (exact) mass is 456 g/mol. The Labute approximate surface area is 197 Å². The van der Waals surface area contributed by atoms with Crippen molar-refractivity contribution in [3.8, 4) is 28.5 Å². The first-order valence-corrected chi connectivity index (χ1v) is 10.5. The van der Waals surface area contributed by atoms with Gasteiger partial charge in [-0.3, -0.25) is 9.89 Å². The van der Waals surface area contributed by atoms with Crippen molar-refractivity contribution < 1.29 is 19.0 Å². The molecule has 0 atom stereocenters. The summed E-state index contributed by atoms with van der Waals surface area (Å²) in [5.74, 6) is 1.50. The van der Waals surface area contributed by atoms with Gasteiger partial charge in [0.25, 0.3) is 5.91 Å². The number of carbonyl (C=O) groups excluding carboxylic acids is 1. The van der Waals surface area contributed by atoms with E-state index in [0.717, 1.165) is 16.7 Å². The average Bonchev–Trinajstić information content (AvgIpc) is 3.38. The Morgan fingerprint density at radius 2 is 1.79 bits per heavy atom. The van der Waals surface area contributed by atoms with Crippen LogP contribution in [0.2, 0.25) is 0 Å². The fourth-order valence-corrected chi connectivity index (χ4v) is 3.23. The van der Waals surface area contributed by atoms with Gasteiger partial charge in [0.2, 0.25) is 0 Å². The summed E-state index contributed by atoms with van der Waals surface area (Å²) in [4.78, 5) is 12.5. The first-order chi connectivity index (χ1) is 16.7. The van der Waals surface area contributed by atoms with E-state index in [9.17, 15) is 4.79 Å². The molecule has 0 aliphatic rings. The van der Waals surface area contributed by atoms with E-state index in [-0.39, 0.29) is 5.69 Å². The van der Waals surface area contributed by atoms with Crippen molar-refractivity contribution in [3.05, 3.63) is 95.7 Å². The average molecular weight is 457 g/mol. The second kappa shape index (κ2) is 10.8. The fraction of sp³-hybridized carbons (Fsp3) is 0.115. The van der Waals surface area contributed by atoms with E-state index >= 15 is 0 Å². The number of ether oxygens (including phenoxy) is 3. The maximum Gasteiger partial charge on any atom is 0.289 e. The summed E-state index contributed by atoms with van der Waals surface area (Å²) in [6, 6.07) is 24.4. The zero-order valence-corrected chi connectivity index (χ0v) is 18.8. The van der Waals surface area contributed by atoms with Gasteiger partial charge in [-0.2, -0.15) is 10.2 Å². The number of nitrogens with one attached hydrogen (secondary N) is 2. The molecule has 3 aromatic carbocycles. The molecular weight excluding hydrogens is 432 g/mol. The van der Waals surface area contributed by atoms with Crippen molar-refractivity contribution in [2.24, 2.45) is 5.10 Å². The molecule has 1 heterocycles. The Morgan fingerprint density at radius 1 is 0.971 bits per heavy atom. The fourth-order valence-electron chi connectivity index (χ4n) is 3.23. The number of rotatable bonds is 9. The van der Waals surface area contributed by atoms with Crippen LogP contribution in [0.5, 0.6) is 17.2 Å². The smallest absolute Gasteiger partial charge is 0.289 e. The molecule has 4 aromatic rings. The van der Waals surface area contributed by atoms with Crippen LogP contribution in [-0.4, -0.2) is 36.5 Å². The summed E-state index contributed by atoms with van der Waals surface area (Å²) in [7, 11) is 3.14. The van der Waals surface area contributed by atoms with Gasteiger partial charge in [-0.1, -0.05) is 42.5 Å². The van der Waals surface area contributed by atoms with Gasteiger partial charge < -0.3 is 14.2 Å². The SMILES string of the molecule is COc1ccc(-c2cc(C(=O)N/N=C/c3cccc(OCc4ccccc4)c3)[nH]n2)cc1OC. The summed E-state index contributed by atoms with van der Waals surface area (Å²) < 4.78 is 16.4. The number of H-pyrrole nitrogens is 1. The van der Waals surface area contributed by atoms with Crippen LogP contribution in [0.3, 0.4) is 0 Å². The maximum atomic E-state index is 12.5. The van der Waals surface area contributed by atoms with E-state index in [2.05, 4.69) is 20.7 Å². The molecule has 0 radical (unpaired) electrons. The number of hydrogen-bond acceptors (Lipinski definition) is 6. The third-order valence-electron chi connectivity index (χ3n) is 4.99. The van der Waals surface area contributed by atoms with Gasteiger partial charge in [0.05, 0.1) is 26.1 Å². The maximum absolute atomic E-state index is 12.5. The minimum Gasteiger partial charge on any atom is -0.493 e. The third kappa shape index (κ3) is 5.60. The van der Waals surface area contributed by atoms with E-state index in [0.29, 0.717) is 29.5 Å². The van der Waals surface area contributed by atoms with E-state index in [1.54, 1.807) is 38.6 Å². The lowest BCUT2D eigenvalue weighted by molar-refractivity contribution is 0.0950. The quantitative estimate of drug-likeness (QED) is 0.287. The molecule has 0 fully saturated rings. The van der Waals surface area contributed by atoms with Crippen LogP contribution < -0.4 is 19.6 Å². The highest BCUT2D eigenvalue weighted by Crippen LogP contribution is 2.31. The summed E-state index contributed by atoms with van der Waals surface area (Å²) in [5.41, 5.74) is 6.04. The lowest BCUT2D eigenvalue weighted by atomic mass is 10.1. The summed E-state index contributed by atoms with van der Waals surface area (Å²) in [6.45, 7) is 0.473. The van der Waals surface area contributed by atoms with Gasteiger partial charge in [0.1, 0.15) is 18.1 Å². The van der Waals surface area contributed by atoms with Gasteiger partial charge in [0.15, 0.2) is 11.5 Å². The molecule has 1 amide bonds. The van der Waals surface area contributed by atoms with Crippen LogP contribution in [0.25, 0.3) is 11.3 Å². The van der Waals surface area contributed by atoms with Gasteiger partial charge >= 0.3 is 0 Å². The zero-order valence-electron chi connectivity index (χ0n) is 18.8. The first kappa shape index (κ1) is 22.6. The van der Waals surface area contributed by atoms with Crippen LogP contribution in [0.4, 0.5) is 0 Å². The van der Waals surface area contributed by atoms with E-state index in [1.807, 2.05) is 60.7 Å². The molecule has 0 bridgehead atoms. The number of benzene rings is 3. The molecule has 1 aromatic heterocycles. The minimum absolute atomic E-state index is 0.280. The van der Waals surface area contributed by atoms with Crippen molar-refractivity contribution >= 4 is 12.1 Å². The lowest BCUT2D eigenvalue weighted by Gasteiger charge is -2.08. The Hall–Kier alpha value is -4.59. The van der Waals surface area contributed by atoms with Crippen LogP contribution in [0, 0.1) is 0 Å². The van der Waals surface area contributed by atoms with Gasteiger partial charge in [-0.05, 0) is 47.5 Å². The standard InChI is InChI=1S/C26H24N4O4/c1-32-24-12-11-20(14-25(24)33-2)22-15-23(29-28-22)26(31)30-27-16-19-9-6-10-21(13-19)34-17-18-7-4-3-5-8-18/h3-16H,17H2,1-2H3,(H,28,29)(H,30,31)/b27-16+. The number of hydrogen-bond donors (Lipinski definition) is 2. The van der Waals surface area contributed by atoms with Gasteiger partial charge in [-0.25, -0.2) is 5.43 Å². The summed E-state index contributed by atoms with van der Waals surface area (Å²) in [5, 5.41) is 11.0. The highest BCUT2D eigenvalue weighted by atomic mass is 16.5. The van der Waals surface area contributed by atoms with E-state index in [1.165, 1.54) is 0 Å². The second-order valence-electron chi connectivity index (χ2n) is 7.28. The second-order valence-corrected chi connectivity index (χ2v) is 7.28. The number of nitrogens with zero attached hydrogens (tertiary/aromatic N) is 2. The van der Waals surface area contributed by atoms with Crippen molar-refractivity contribution in [2.75, 3.05) is 14.2 Å². The minimum atomic E-state index is -0.410. The Kier molecular flexibility index (Phi) is 7.19. The number of carbonyl (C=O) groups is 1. The zero-order chi connectivity index (χ0) is 23.8. The molecule has 172 valence electrons. The topological polar surface area (TPSA) is 97.8 Å². The molecule has 2 N–H and O–H groups in total. The van der Waals surface area contributed by atoms with Gasteiger partial charge in [0, 0.05) is 5.56 Å². The molecule has 0 spiro atoms. The lowest BCUT2D eigenvalue weighted by Crippen LogP contribution is -2.18. The molecule has 0 aliphatic heterocycles. The predicted octanol–water partition coefficient (Wildman–Crippen LogP) is 4.44. The summed E-state index contributed by atoms with van der Waals surface area (Å²) in [6.07, 6.45) is 1.55. The normalized spacial score (nSPS) is 10.8. The van der Waals surface area contributed by atoms with Crippen LogP contribution in [-0.2, 0) is 6.61 Å². The summed E-state index contributed by atoms with van der Waals surface area (Å²) >= 11 is 0. The number of aromatic nitrogens is 2. The predicted molar refractivity (Wildman–Crippen MR) is 129 cm³/mol. The molecular formula is C26H24N4O4. The van der Waals surface area contributed by atoms with Crippen LogP contribution in [0.1, 0.15) is 21.6 Å². The molecule has 0 unspecified atom stereocenters. The molecule has 0 saturated carbocycles. The number of methoxy groups -OCH3 is 2. The number of amides is 1.